The summed E-state index contributed by atoms with van der Waals surface area (Å²) >= 11 is 0. The van der Waals surface area contributed by atoms with E-state index in [0.29, 0.717) is 17.4 Å². The van der Waals surface area contributed by atoms with E-state index in [0.717, 1.165) is 42.1 Å². The molecule has 0 radical (unpaired) electrons. The summed E-state index contributed by atoms with van der Waals surface area (Å²) in [6, 6.07) is 6.80. The van der Waals surface area contributed by atoms with Gasteiger partial charge < -0.3 is 9.84 Å². The van der Waals surface area contributed by atoms with Crippen molar-refractivity contribution in [3.05, 3.63) is 35.6 Å². The number of methoxy groups -OCH3 is 1. The molecule has 0 amide bonds. The fourth-order valence-electron chi connectivity index (χ4n) is 9.27. The van der Waals surface area contributed by atoms with Crippen molar-refractivity contribution in [3.8, 4) is 0 Å². The van der Waals surface area contributed by atoms with Crippen LogP contribution in [0.1, 0.15) is 83.6 Å². The summed E-state index contributed by atoms with van der Waals surface area (Å²) in [6.45, 7) is 5.13. The van der Waals surface area contributed by atoms with Crippen LogP contribution in [0.15, 0.2) is 24.3 Å². The van der Waals surface area contributed by atoms with Crippen LogP contribution in [-0.4, -0.2) is 24.4 Å². The van der Waals surface area contributed by atoms with Crippen molar-refractivity contribution >= 4 is 0 Å². The quantitative estimate of drug-likeness (QED) is 0.544. The molecule has 0 bridgehead atoms. The van der Waals surface area contributed by atoms with Crippen LogP contribution in [0, 0.1) is 46.2 Å². The predicted molar refractivity (Wildman–Crippen MR) is 127 cm³/mol. The van der Waals surface area contributed by atoms with Crippen LogP contribution in [-0.2, 0) is 11.2 Å². The second-order valence-corrected chi connectivity index (χ2v) is 12.2. The number of ether oxygens (including phenoxy) is 1. The second-order valence-electron chi connectivity index (χ2n) is 12.2. The van der Waals surface area contributed by atoms with E-state index < -0.39 is 0 Å². The normalized spacial score (nSPS) is 44.4. The first-order valence-corrected chi connectivity index (χ1v) is 13.3. The number of aliphatic hydroxyl groups excluding tert-OH is 1. The molecule has 178 valence electrons. The number of aliphatic hydroxyl groups is 1. The Bertz CT molecular complexity index is 793. The molecule has 4 saturated carbocycles. The Morgan fingerprint density at radius 3 is 2.44 bits per heavy atom. The van der Waals surface area contributed by atoms with Gasteiger partial charge in [-0.25, -0.2) is 4.39 Å². The Morgan fingerprint density at radius 2 is 1.69 bits per heavy atom. The highest BCUT2D eigenvalue weighted by Crippen LogP contribution is 2.68. The van der Waals surface area contributed by atoms with Crippen molar-refractivity contribution < 1.29 is 14.2 Å². The zero-order valence-electron chi connectivity index (χ0n) is 20.4. The lowest BCUT2D eigenvalue weighted by Crippen LogP contribution is -2.54. The third-order valence-corrected chi connectivity index (χ3v) is 11.1. The summed E-state index contributed by atoms with van der Waals surface area (Å²) in [7, 11) is 1.89. The smallest absolute Gasteiger partial charge is 0.123 e. The van der Waals surface area contributed by atoms with Gasteiger partial charge in [0.05, 0.1) is 12.2 Å². The van der Waals surface area contributed by atoms with Gasteiger partial charge in [0.15, 0.2) is 0 Å². The Balaban J connectivity index is 1.27. The summed E-state index contributed by atoms with van der Waals surface area (Å²) in [5.74, 6) is 3.57. The maximum Gasteiger partial charge on any atom is 0.123 e. The van der Waals surface area contributed by atoms with E-state index in [1.54, 1.807) is 0 Å². The van der Waals surface area contributed by atoms with Crippen LogP contribution in [0.3, 0.4) is 0 Å². The molecule has 0 saturated heterocycles. The molecule has 0 aliphatic heterocycles. The van der Waals surface area contributed by atoms with Crippen molar-refractivity contribution in [1.82, 2.24) is 0 Å². The highest BCUT2D eigenvalue weighted by molar-refractivity contribution is 5.16. The van der Waals surface area contributed by atoms with Gasteiger partial charge in [-0.2, -0.15) is 0 Å². The molecule has 4 unspecified atom stereocenters. The Labute approximate surface area is 194 Å². The van der Waals surface area contributed by atoms with Gasteiger partial charge in [-0.1, -0.05) is 26.0 Å². The first-order valence-electron chi connectivity index (χ1n) is 13.3. The number of hydrogen-bond acceptors (Lipinski definition) is 2. The van der Waals surface area contributed by atoms with Crippen molar-refractivity contribution in [2.45, 2.75) is 96.7 Å². The molecule has 4 aliphatic rings. The highest BCUT2D eigenvalue weighted by atomic mass is 19.1. The number of hydrogen-bond donors (Lipinski definition) is 1. The van der Waals surface area contributed by atoms with Crippen molar-refractivity contribution in [1.29, 1.82) is 0 Å². The van der Waals surface area contributed by atoms with E-state index in [2.05, 4.69) is 13.8 Å². The largest absolute Gasteiger partial charge is 0.393 e. The minimum absolute atomic E-state index is 0.184. The molecule has 1 N–H and O–H groups in total. The molecule has 9 atom stereocenters. The van der Waals surface area contributed by atoms with Crippen LogP contribution >= 0.6 is 0 Å². The lowest BCUT2D eigenvalue weighted by Gasteiger charge is -2.61. The minimum Gasteiger partial charge on any atom is -0.393 e. The van der Waals surface area contributed by atoms with E-state index in [9.17, 15) is 9.50 Å². The standard InChI is InChI=1S/C29H43FO2/c1-28-16-14-22(32-3)18-20(28)7-10-23-24-11-12-26(29(24,2)17-15-25(23)28)27(31)13-6-19-4-8-21(30)9-5-19/h4-5,8-9,20,22-27,31H,6-7,10-18H2,1-3H3/t20?,22-,23-,24?,25?,26?,27+,28-,29-/m0/s1. The van der Waals surface area contributed by atoms with Crippen LogP contribution in [0.25, 0.3) is 0 Å². The first kappa shape index (κ1) is 22.8. The summed E-state index contributed by atoms with van der Waals surface area (Å²) in [5.41, 5.74) is 1.92. The van der Waals surface area contributed by atoms with Crippen LogP contribution in [0.5, 0.6) is 0 Å². The van der Waals surface area contributed by atoms with Crippen molar-refractivity contribution in [2.75, 3.05) is 7.11 Å². The summed E-state index contributed by atoms with van der Waals surface area (Å²) < 4.78 is 19.0. The van der Waals surface area contributed by atoms with E-state index in [-0.39, 0.29) is 17.3 Å². The second kappa shape index (κ2) is 8.69. The summed E-state index contributed by atoms with van der Waals surface area (Å²) in [5, 5.41) is 11.3. The predicted octanol–water partition coefficient (Wildman–Crippen LogP) is 6.79. The van der Waals surface area contributed by atoms with E-state index in [4.69, 9.17) is 4.74 Å². The number of aryl methyl sites for hydroxylation is 1. The molecule has 32 heavy (non-hydrogen) atoms. The zero-order valence-corrected chi connectivity index (χ0v) is 20.4. The van der Waals surface area contributed by atoms with Gasteiger partial charge in [-0.15, -0.1) is 0 Å². The van der Waals surface area contributed by atoms with Crippen LogP contribution in [0.4, 0.5) is 4.39 Å². The maximum atomic E-state index is 13.2. The number of fused-ring (bicyclic) bond motifs is 5. The summed E-state index contributed by atoms with van der Waals surface area (Å²) in [6.07, 6.45) is 13.6. The van der Waals surface area contributed by atoms with Crippen LogP contribution in [0.2, 0.25) is 0 Å². The molecular weight excluding hydrogens is 399 g/mol. The lowest BCUT2D eigenvalue weighted by atomic mass is 9.44. The highest BCUT2D eigenvalue weighted by Gasteiger charge is 2.60. The van der Waals surface area contributed by atoms with Gasteiger partial charge in [-0.05, 0) is 129 Å². The molecule has 1 aromatic carbocycles. The fourth-order valence-corrected chi connectivity index (χ4v) is 9.27. The molecule has 0 aromatic heterocycles. The first-order chi connectivity index (χ1) is 15.3. The summed E-state index contributed by atoms with van der Waals surface area (Å²) in [4.78, 5) is 0. The van der Waals surface area contributed by atoms with E-state index in [1.807, 2.05) is 19.2 Å². The number of benzene rings is 1. The topological polar surface area (TPSA) is 29.5 Å². The van der Waals surface area contributed by atoms with Gasteiger partial charge in [0.25, 0.3) is 0 Å². The van der Waals surface area contributed by atoms with E-state index in [1.165, 1.54) is 69.9 Å². The zero-order chi connectivity index (χ0) is 22.5. The monoisotopic (exact) mass is 442 g/mol. The van der Waals surface area contributed by atoms with E-state index >= 15 is 0 Å². The Kier molecular flexibility index (Phi) is 6.20. The lowest BCUT2D eigenvalue weighted by molar-refractivity contribution is -0.136. The molecule has 2 nitrogen and oxygen atoms in total. The van der Waals surface area contributed by atoms with Gasteiger partial charge in [0, 0.05) is 7.11 Å². The van der Waals surface area contributed by atoms with Gasteiger partial charge in [0.2, 0.25) is 0 Å². The van der Waals surface area contributed by atoms with Crippen LogP contribution < -0.4 is 0 Å². The maximum absolute atomic E-state index is 13.2. The average Bonchev–Trinajstić information content (AvgIpc) is 3.15. The molecule has 3 heteroatoms. The van der Waals surface area contributed by atoms with Gasteiger partial charge >= 0.3 is 0 Å². The fraction of sp³-hybridized carbons (Fsp3) is 0.793. The molecule has 0 spiro atoms. The van der Waals surface area contributed by atoms with Crippen molar-refractivity contribution in [3.63, 3.8) is 0 Å². The molecular formula is C29H43FO2. The number of halogens is 1. The molecule has 0 heterocycles. The molecule has 5 rings (SSSR count). The molecule has 4 fully saturated rings. The molecule has 4 aliphatic carbocycles. The number of rotatable bonds is 5. The van der Waals surface area contributed by atoms with Crippen molar-refractivity contribution in [2.24, 2.45) is 40.4 Å². The average molecular weight is 443 g/mol. The third kappa shape index (κ3) is 3.76. The minimum atomic E-state index is -0.240. The third-order valence-electron chi connectivity index (χ3n) is 11.1. The SMILES string of the molecule is CO[C@H]1CC[C@@]2(C)C(CC[C@@H]3C2CC[C@@]2(C)C3CCC2[C@H](O)CCc2ccc(F)cc2)C1. The Morgan fingerprint density at radius 1 is 0.969 bits per heavy atom. The Hall–Kier alpha value is -0.930. The van der Waals surface area contributed by atoms with Gasteiger partial charge in [-0.3, -0.25) is 0 Å². The molecule has 1 aromatic rings. The van der Waals surface area contributed by atoms with Gasteiger partial charge in [0.1, 0.15) is 5.82 Å².